The van der Waals surface area contributed by atoms with Crippen LogP contribution < -0.4 is 0 Å². The van der Waals surface area contributed by atoms with E-state index in [9.17, 15) is 0 Å². The highest BCUT2D eigenvalue weighted by Crippen LogP contribution is 2.19. The van der Waals surface area contributed by atoms with Crippen molar-refractivity contribution in [3.05, 3.63) is 30.1 Å². The van der Waals surface area contributed by atoms with Gasteiger partial charge in [-0.25, -0.2) is 4.98 Å². The summed E-state index contributed by atoms with van der Waals surface area (Å²) in [6.07, 6.45) is 7.27. The number of nitrogens with zero attached hydrogens (tertiary/aromatic N) is 6. The van der Waals surface area contributed by atoms with E-state index in [1.807, 2.05) is 4.68 Å². The lowest BCUT2D eigenvalue weighted by molar-refractivity contribution is 0.123. The van der Waals surface area contributed by atoms with Gasteiger partial charge in [0.1, 0.15) is 12.7 Å². The Morgan fingerprint density at radius 2 is 2.14 bits per heavy atom. The molecule has 0 spiro atoms. The molecule has 0 N–H and O–H groups in total. The quantitative estimate of drug-likeness (QED) is 0.839. The van der Waals surface area contributed by atoms with E-state index in [0.717, 1.165) is 25.3 Å². The zero-order valence-electron chi connectivity index (χ0n) is 12.9. The van der Waals surface area contributed by atoms with Crippen LogP contribution in [-0.4, -0.2) is 48.6 Å². The topological polar surface area (TPSA) is 51.8 Å². The molecular formula is C15H24N6. The largest absolute Gasteiger partial charge is 0.297 e. The molecule has 6 nitrogen and oxygen atoms in total. The molecule has 2 aromatic rings. The second kappa shape index (κ2) is 6.39. The molecule has 1 fully saturated rings. The molecule has 0 saturated carbocycles. The predicted octanol–water partition coefficient (Wildman–Crippen LogP) is 1.65. The van der Waals surface area contributed by atoms with Crippen LogP contribution in [0.5, 0.6) is 0 Å². The summed E-state index contributed by atoms with van der Waals surface area (Å²) in [6, 6.07) is 2.74. The van der Waals surface area contributed by atoms with Gasteiger partial charge in [-0.05, 0) is 39.3 Å². The average Bonchev–Trinajstić information content (AvgIpc) is 3.08. The van der Waals surface area contributed by atoms with Crippen LogP contribution in [0.1, 0.15) is 30.7 Å². The van der Waals surface area contributed by atoms with Gasteiger partial charge in [-0.2, -0.15) is 10.2 Å². The van der Waals surface area contributed by atoms with Crippen LogP contribution >= 0.6 is 0 Å². The maximum absolute atomic E-state index is 4.61. The van der Waals surface area contributed by atoms with E-state index in [0.29, 0.717) is 6.04 Å². The molecular weight excluding hydrogens is 264 g/mol. The number of aromatic nitrogens is 5. The van der Waals surface area contributed by atoms with Gasteiger partial charge in [-0.3, -0.25) is 14.3 Å². The number of hydrogen-bond acceptors (Lipinski definition) is 4. The van der Waals surface area contributed by atoms with Gasteiger partial charge in [0.05, 0.1) is 18.8 Å². The monoisotopic (exact) mass is 288 g/mol. The summed E-state index contributed by atoms with van der Waals surface area (Å²) in [6.45, 7) is 8.33. The zero-order chi connectivity index (χ0) is 14.7. The maximum atomic E-state index is 4.61. The molecule has 3 rings (SSSR count). The molecule has 1 saturated heterocycles. The first-order chi connectivity index (χ1) is 10.2. The predicted molar refractivity (Wildman–Crippen MR) is 80.9 cm³/mol. The standard InChI is InChI=1S/C15H24N6/c1-13-9-14(2)21(18-13)10-15-5-3-4-6-19(15)7-8-20-12-16-11-17-20/h9,11-12,15H,3-8,10H2,1-2H3. The molecule has 0 amide bonds. The van der Waals surface area contributed by atoms with Gasteiger partial charge in [-0.15, -0.1) is 0 Å². The SMILES string of the molecule is Cc1cc(C)n(CC2CCCCN2CCn2cncn2)n1. The van der Waals surface area contributed by atoms with Crippen molar-refractivity contribution in [2.75, 3.05) is 13.1 Å². The lowest BCUT2D eigenvalue weighted by atomic mass is 10.0. The highest BCUT2D eigenvalue weighted by Gasteiger charge is 2.23. The molecule has 0 bridgehead atoms. The Kier molecular flexibility index (Phi) is 4.34. The highest BCUT2D eigenvalue weighted by atomic mass is 15.3. The van der Waals surface area contributed by atoms with Gasteiger partial charge >= 0.3 is 0 Å². The van der Waals surface area contributed by atoms with Gasteiger partial charge in [0.25, 0.3) is 0 Å². The van der Waals surface area contributed by atoms with Crippen molar-refractivity contribution in [3.63, 3.8) is 0 Å². The molecule has 1 atom stereocenters. The van der Waals surface area contributed by atoms with Crippen LogP contribution in [0.2, 0.25) is 0 Å². The number of piperidine rings is 1. The maximum Gasteiger partial charge on any atom is 0.137 e. The number of likely N-dealkylation sites (tertiary alicyclic amines) is 1. The van der Waals surface area contributed by atoms with E-state index in [4.69, 9.17) is 0 Å². The van der Waals surface area contributed by atoms with E-state index < -0.39 is 0 Å². The molecule has 3 heterocycles. The number of aryl methyl sites for hydroxylation is 2. The van der Waals surface area contributed by atoms with E-state index >= 15 is 0 Å². The van der Waals surface area contributed by atoms with E-state index in [1.165, 1.54) is 31.5 Å². The summed E-state index contributed by atoms with van der Waals surface area (Å²) in [5.41, 5.74) is 2.37. The highest BCUT2D eigenvalue weighted by molar-refractivity contribution is 5.06. The first-order valence-corrected chi connectivity index (χ1v) is 7.80. The van der Waals surface area contributed by atoms with Crippen LogP contribution in [0.4, 0.5) is 0 Å². The normalized spacial score (nSPS) is 20.0. The molecule has 0 aliphatic carbocycles. The van der Waals surface area contributed by atoms with E-state index in [-0.39, 0.29) is 0 Å². The summed E-state index contributed by atoms with van der Waals surface area (Å²) >= 11 is 0. The minimum Gasteiger partial charge on any atom is -0.297 e. The average molecular weight is 288 g/mol. The van der Waals surface area contributed by atoms with Crippen LogP contribution in [-0.2, 0) is 13.1 Å². The third kappa shape index (κ3) is 3.50. The van der Waals surface area contributed by atoms with Crippen molar-refractivity contribution in [2.24, 2.45) is 0 Å². The van der Waals surface area contributed by atoms with Crippen molar-refractivity contribution in [3.8, 4) is 0 Å². The Bertz CT molecular complexity index is 559. The zero-order valence-corrected chi connectivity index (χ0v) is 12.9. The third-order valence-corrected chi connectivity index (χ3v) is 4.32. The van der Waals surface area contributed by atoms with E-state index in [1.54, 1.807) is 12.7 Å². The Morgan fingerprint density at radius 1 is 1.24 bits per heavy atom. The second-order valence-electron chi connectivity index (χ2n) is 5.95. The summed E-state index contributed by atoms with van der Waals surface area (Å²) in [5.74, 6) is 0. The van der Waals surface area contributed by atoms with Crippen molar-refractivity contribution in [1.29, 1.82) is 0 Å². The van der Waals surface area contributed by atoms with E-state index in [2.05, 4.69) is 44.7 Å². The van der Waals surface area contributed by atoms with Gasteiger partial charge in [0, 0.05) is 18.3 Å². The third-order valence-electron chi connectivity index (χ3n) is 4.32. The van der Waals surface area contributed by atoms with Crippen molar-refractivity contribution in [1.82, 2.24) is 29.4 Å². The molecule has 0 radical (unpaired) electrons. The second-order valence-corrected chi connectivity index (χ2v) is 5.95. The number of rotatable bonds is 5. The van der Waals surface area contributed by atoms with Gasteiger partial charge in [0.2, 0.25) is 0 Å². The molecule has 6 heteroatoms. The molecule has 114 valence electrons. The van der Waals surface area contributed by atoms with Gasteiger partial charge in [-0.1, -0.05) is 6.42 Å². The first-order valence-electron chi connectivity index (χ1n) is 7.80. The molecule has 0 aromatic carbocycles. The molecule has 2 aromatic heterocycles. The van der Waals surface area contributed by atoms with Crippen molar-refractivity contribution in [2.45, 2.75) is 52.2 Å². The molecule has 21 heavy (non-hydrogen) atoms. The van der Waals surface area contributed by atoms with Crippen LogP contribution in [0, 0.1) is 13.8 Å². The summed E-state index contributed by atoms with van der Waals surface area (Å²) in [5, 5.41) is 8.80. The first kappa shape index (κ1) is 14.3. The molecule has 1 unspecified atom stereocenters. The summed E-state index contributed by atoms with van der Waals surface area (Å²) < 4.78 is 4.07. The smallest absolute Gasteiger partial charge is 0.137 e. The Balaban J connectivity index is 1.62. The molecule has 1 aliphatic rings. The summed E-state index contributed by atoms with van der Waals surface area (Å²) in [7, 11) is 0. The Labute approximate surface area is 125 Å². The fourth-order valence-electron chi connectivity index (χ4n) is 3.20. The van der Waals surface area contributed by atoms with Crippen LogP contribution in [0.25, 0.3) is 0 Å². The van der Waals surface area contributed by atoms with Crippen LogP contribution in [0.3, 0.4) is 0 Å². The van der Waals surface area contributed by atoms with Crippen LogP contribution in [0.15, 0.2) is 18.7 Å². The fourth-order valence-corrected chi connectivity index (χ4v) is 3.20. The Morgan fingerprint density at radius 3 is 2.86 bits per heavy atom. The fraction of sp³-hybridized carbons (Fsp3) is 0.667. The summed E-state index contributed by atoms with van der Waals surface area (Å²) in [4.78, 5) is 6.59. The lowest BCUT2D eigenvalue weighted by Gasteiger charge is -2.35. The van der Waals surface area contributed by atoms with Gasteiger partial charge in [0.15, 0.2) is 0 Å². The van der Waals surface area contributed by atoms with Crippen molar-refractivity contribution < 1.29 is 0 Å². The van der Waals surface area contributed by atoms with Crippen molar-refractivity contribution >= 4 is 0 Å². The minimum atomic E-state index is 0.584. The minimum absolute atomic E-state index is 0.584. The molecule has 1 aliphatic heterocycles. The number of hydrogen-bond donors (Lipinski definition) is 0. The Hall–Kier alpha value is -1.69. The lowest BCUT2D eigenvalue weighted by Crippen LogP contribution is -2.44. The van der Waals surface area contributed by atoms with Gasteiger partial charge < -0.3 is 0 Å².